The third-order valence-corrected chi connectivity index (χ3v) is 3.25. The molecule has 0 aliphatic rings. The molecule has 2 N–H and O–H groups in total. The van der Waals surface area contributed by atoms with E-state index in [-0.39, 0.29) is 0 Å². The van der Waals surface area contributed by atoms with E-state index in [2.05, 4.69) is 51.8 Å². The maximum Gasteiger partial charge on any atom is 0.224 e. The Bertz CT molecular complexity index is 708. The molecule has 0 fully saturated rings. The number of nitrogens with zero attached hydrogens (tertiary/aromatic N) is 2. The maximum absolute atomic E-state index is 5.28. The lowest BCUT2D eigenvalue weighted by atomic mass is 10.1. The molecule has 0 atom stereocenters. The molecule has 0 aliphatic carbocycles. The van der Waals surface area contributed by atoms with Gasteiger partial charge < -0.3 is 15.1 Å². The molecule has 112 valence electrons. The van der Waals surface area contributed by atoms with E-state index in [1.54, 1.807) is 12.5 Å². The van der Waals surface area contributed by atoms with Crippen molar-refractivity contribution < 1.29 is 4.42 Å². The van der Waals surface area contributed by atoms with Crippen molar-refractivity contribution in [3.63, 3.8) is 0 Å². The average molecular weight is 294 g/mol. The molecule has 0 amide bonds. The van der Waals surface area contributed by atoms with Crippen LogP contribution in [0.3, 0.4) is 0 Å². The fourth-order valence-electron chi connectivity index (χ4n) is 2.02. The summed E-state index contributed by atoms with van der Waals surface area (Å²) in [6, 6.07) is 14.0. The standard InChI is InChI=1S/C17H18N4O/c1-13-4-6-14(7-5-13)11-20-17-18-9-8-16(21-17)19-12-15-3-2-10-22-15/h2-10H,11-12H2,1H3,(H2,18,19,20,21). The topological polar surface area (TPSA) is 63.0 Å². The number of benzene rings is 1. The Morgan fingerprint density at radius 2 is 1.86 bits per heavy atom. The van der Waals surface area contributed by atoms with Crippen molar-refractivity contribution in [2.45, 2.75) is 20.0 Å². The Morgan fingerprint density at radius 1 is 1.00 bits per heavy atom. The molecular weight excluding hydrogens is 276 g/mol. The number of furan rings is 1. The summed E-state index contributed by atoms with van der Waals surface area (Å²) in [6.07, 6.45) is 3.39. The Labute approximate surface area is 129 Å². The molecule has 0 unspecified atom stereocenters. The van der Waals surface area contributed by atoms with Gasteiger partial charge in [-0.05, 0) is 30.7 Å². The molecule has 0 radical (unpaired) electrons. The fraction of sp³-hybridized carbons (Fsp3) is 0.176. The highest BCUT2D eigenvalue weighted by molar-refractivity contribution is 5.40. The van der Waals surface area contributed by atoms with Crippen LogP contribution < -0.4 is 10.6 Å². The van der Waals surface area contributed by atoms with Crippen LogP contribution in [0.2, 0.25) is 0 Å². The number of aromatic nitrogens is 2. The molecule has 2 heterocycles. The quantitative estimate of drug-likeness (QED) is 0.727. The molecule has 5 nitrogen and oxygen atoms in total. The van der Waals surface area contributed by atoms with Crippen LogP contribution in [-0.2, 0) is 13.1 Å². The van der Waals surface area contributed by atoms with Gasteiger partial charge in [0.2, 0.25) is 5.95 Å². The van der Waals surface area contributed by atoms with Gasteiger partial charge in [-0.1, -0.05) is 29.8 Å². The summed E-state index contributed by atoms with van der Waals surface area (Å²) in [4.78, 5) is 8.66. The summed E-state index contributed by atoms with van der Waals surface area (Å²) in [5.41, 5.74) is 2.45. The van der Waals surface area contributed by atoms with Crippen LogP contribution in [0.15, 0.2) is 59.3 Å². The third-order valence-electron chi connectivity index (χ3n) is 3.25. The van der Waals surface area contributed by atoms with Gasteiger partial charge in [-0.2, -0.15) is 4.98 Å². The molecule has 0 saturated carbocycles. The van der Waals surface area contributed by atoms with Crippen molar-refractivity contribution in [3.05, 3.63) is 71.8 Å². The summed E-state index contributed by atoms with van der Waals surface area (Å²) in [5, 5.41) is 6.44. The van der Waals surface area contributed by atoms with Gasteiger partial charge >= 0.3 is 0 Å². The second kappa shape index (κ2) is 6.76. The molecule has 0 saturated heterocycles. The summed E-state index contributed by atoms with van der Waals surface area (Å²) >= 11 is 0. The van der Waals surface area contributed by atoms with Gasteiger partial charge in [-0.3, -0.25) is 0 Å². The lowest BCUT2D eigenvalue weighted by molar-refractivity contribution is 0.518. The first-order chi connectivity index (χ1) is 10.8. The summed E-state index contributed by atoms with van der Waals surface area (Å²) in [6.45, 7) is 3.37. The van der Waals surface area contributed by atoms with E-state index in [0.717, 1.165) is 11.6 Å². The molecule has 1 aromatic carbocycles. The van der Waals surface area contributed by atoms with Crippen molar-refractivity contribution in [3.8, 4) is 0 Å². The predicted octanol–water partition coefficient (Wildman–Crippen LogP) is 3.60. The van der Waals surface area contributed by atoms with E-state index in [1.165, 1.54) is 11.1 Å². The van der Waals surface area contributed by atoms with Crippen molar-refractivity contribution in [1.82, 2.24) is 9.97 Å². The zero-order chi connectivity index (χ0) is 15.2. The minimum atomic E-state index is 0.599. The van der Waals surface area contributed by atoms with Crippen molar-refractivity contribution in [2.75, 3.05) is 10.6 Å². The summed E-state index contributed by atoms with van der Waals surface area (Å²) in [5.74, 6) is 2.23. The van der Waals surface area contributed by atoms with Crippen LogP contribution in [0.25, 0.3) is 0 Å². The number of aryl methyl sites for hydroxylation is 1. The summed E-state index contributed by atoms with van der Waals surface area (Å²) in [7, 11) is 0. The second-order valence-electron chi connectivity index (χ2n) is 5.04. The van der Waals surface area contributed by atoms with E-state index in [4.69, 9.17) is 4.42 Å². The Morgan fingerprint density at radius 3 is 2.64 bits per heavy atom. The fourth-order valence-corrected chi connectivity index (χ4v) is 2.02. The van der Waals surface area contributed by atoms with E-state index in [9.17, 15) is 0 Å². The van der Waals surface area contributed by atoms with Gasteiger partial charge in [-0.15, -0.1) is 0 Å². The SMILES string of the molecule is Cc1ccc(CNc2nccc(NCc3ccco3)n2)cc1. The van der Waals surface area contributed by atoms with Gasteiger partial charge in [0, 0.05) is 12.7 Å². The molecule has 0 spiro atoms. The number of nitrogens with one attached hydrogen (secondary N) is 2. The Hall–Kier alpha value is -2.82. The first-order valence-electron chi connectivity index (χ1n) is 7.18. The van der Waals surface area contributed by atoms with E-state index < -0.39 is 0 Å². The Kier molecular flexibility index (Phi) is 4.34. The monoisotopic (exact) mass is 294 g/mol. The highest BCUT2D eigenvalue weighted by Crippen LogP contribution is 2.10. The second-order valence-corrected chi connectivity index (χ2v) is 5.04. The third kappa shape index (κ3) is 3.85. The minimum Gasteiger partial charge on any atom is -0.467 e. The molecule has 22 heavy (non-hydrogen) atoms. The molecule has 5 heteroatoms. The molecule has 3 rings (SSSR count). The van der Waals surface area contributed by atoms with Crippen LogP contribution in [0.5, 0.6) is 0 Å². The van der Waals surface area contributed by atoms with Crippen LogP contribution in [-0.4, -0.2) is 9.97 Å². The number of hydrogen-bond acceptors (Lipinski definition) is 5. The number of hydrogen-bond donors (Lipinski definition) is 2. The normalized spacial score (nSPS) is 10.4. The largest absolute Gasteiger partial charge is 0.467 e. The number of rotatable bonds is 6. The molecular formula is C17H18N4O. The number of anilines is 2. The van der Waals surface area contributed by atoms with Gasteiger partial charge in [0.15, 0.2) is 0 Å². The van der Waals surface area contributed by atoms with Gasteiger partial charge in [0.25, 0.3) is 0 Å². The highest BCUT2D eigenvalue weighted by atomic mass is 16.3. The van der Waals surface area contributed by atoms with Crippen LogP contribution in [0.4, 0.5) is 11.8 Å². The maximum atomic E-state index is 5.28. The van der Waals surface area contributed by atoms with Gasteiger partial charge in [-0.25, -0.2) is 4.98 Å². The highest BCUT2D eigenvalue weighted by Gasteiger charge is 2.01. The van der Waals surface area contributed by atoms with Crippen LogP contribution in [0, 0.1) is 6.92 Å². The molecule has 2 aromatic heterocycles. The smallest absolute Gasteiger partial charge is 0.224 e. The first-order valence-corrected chi connectivity index (χ1v) is 7.18. The molecule has 0 bridgehead atoms. The predicted molar refractivity (Wildman–Crippen MR) is 86.6 cm³/mol. The van der Waals surface area contributed by atoms with Crippen molar-refractivity contribution >= 4 is 11.8 Å². The van der Waals surface area contributed by atoms with Gasteiger partial charge in [0.1, 0.15) is 11.6 Å². The minimum absolute atomic E-state index is 0.599. The van der Waals surface area contributed by atoms with E-state index >= 15 is 0 Å². The van der Waals surface area contributed by atoms with Gasteiger partial charge in [0.05, 0.1) is 12.8 Å². The van der Waals surface area contributed by atoms with Crippen LogP contribution >= 0.6 is 0 Å². The first kappa shape index (κ1) is 14.1. The Balaban J connectivity index is 1.57. The zero-order valence-corrected chi connectivity index (χ0v) is 12.4. The van der Waals surface area contributed by atoms with Crippen molar-refractivity contribution in [1.29, 1.82) is 0 Å². The van der Waals surface area contributed by atoms with Crippen molar-refractivity contribution in [2.24, 2.45) is 0 Å². The molecule has 0 aliphatic heterocycles. The van der Waals surface area contributed by atoms with E-state index in [0.29, 0.717) is 19.0 Å². The van der Waals surface area contributed by atoms with Crippen LogP contribution in [0.1, 0.15) is 16.9 Å². The molecule has 3 aromatic rings. The zero-order valence-electron chi connectivity index (χ0n) is 12.4. The summed E-state index contributed by atoms with van der Waals surface area (Å²) < 4.78 is 5.28. The lowest BCUT2D eigenvalue weighted by Gasteiger charge is -2.08. The van der Waals surface area contributed by atoms with E-state index in [1.807, 2.05) is 18.2 Å². The lowest BCUT2D eigenvalue weighted by Crippen LogP contribution is -2.06. The average Bonchev–Trinajstić information content (AvgIpc) is 3.06.